The molecule has 2 aromatic rings. The summed E-state index contributed by atoms with van der Waals surface area (Å²) >= 11 is 0. The molecule has 1 aromatic carbocycles. The molecule has 1 N–H and O–H groups in total. The fraction of sp³-hybridized carbons (Fsp3) is 0.400. The maximum Gasteiger partial charge on any atom is 0.411 e. The number of ether oxygens (including phenoxy) is 1. The van der Waals surface area contributed by atoms with Gasteiger partial charge in [0.15, 0.2) is 0 Å². The van der Waals surface area contributed by atoms with E-state index in [1.807, 2.05) is 31.2 Å². The second-order valence-electron chi connectivity index (χ2n) is 4.68. The van der Waals surface area contributed by atoms with Crippen molar-refractivity contribution >= 4 is 10.8 Å². The number of rotatable bonds is 6. The number of alkyl halides is 3. The lowest BCUT2D eigenvalue weighted by molar-refractivity contribution is -0.175. The van der Waals surface area contributed by atoms with E-state index < -0.39 is 12.8 Å². The number of likely N-dealkylation sites (N-methyl/N-ethyl adjacent to an activating group) is 1. The van der Waals surface area contributed by atoms with Gasteiger partial charge in [-0.15, -0.1) is 0 Å². The molecule has 0 saturated carbocycles. The summed E-state index contributed by atoms with van der Waals surface area (Å²) in [6.07, 6.45) is -0.900. The molecule has 1 aromatic heterocycles. The summed E-state index contributed by atoms with van der Waals surface area (Å²) in [7, 11) is 0. The molecule has 114 valence electrons. The van der Waals surface area contributed by atoms with Gasteiger partial charge < -0.3 is 10.1 Å². The Hall–Kier alpha value is -1.66. The van der Waals surface area contributed by atoms with Gasteiger partial charge in [0, 0.05) is 17.8 Å². The lowest BCUT2D eigenvalue weighted by Gasteiger charge is -2.20. The second kappa shape index (κ2) is 6.87. The minimum atomic E-state index is -4.31. The average Bonchev–Trinajstić information content (AvgIpc) is 2.44. The predicted octanol–water partition coefficient (Wildman–Crippen LogP) is 3.46. The molecular formula is C15H17F3N2O. The Labute approximate surface area is 121 Å². The van der Waals surface area contributed by atoms with Crippen LogP contribution in [0.25, 0.3) is 10.8 Å². The van der Waals surface area contributed by atoms with Gasteiger partial charge in [-0.2, -0.15) is 13.2 Å². The van der Waals surface area contributed by atoms with Crippen molar-refractivity contribution in [3.8, 4) is 0 Å². The largest absolute Gasteiger partial charge is 0.411 e. The first-order valence-electron chi connectivity index (χ1n) is 6.72. The highest BCUT2D eigenvalue weighted by molar-refractivity contribution is 5.85. The van der Waals surface area contributed by atoms with E-state index in [-0.39, 0.29) is 12.6 Å². The van der Waals surface area contributed by atoms with Crippen LogP contribution in [0.3, 0.4) is 0 Å². The van der Waals surface area contributed by atoms with Gasteiger partial charge in [0.05, 0.1) is 12.6 Å². The maximum absolute atomic E-state index is 12.2. The Morgan fingerprint density at radius 2 is 2.10 bits per heavy atom. The first-order chi connectivity index (χ1) is 10.0. The molecular weight excluding hydrogens is 281 g/mol. The molecule has 0 amide bonds. The van der Waals surface area contributed by atoms with E-state index in [0.717, 1.165) is 16.3 Å². The van der Waals surface area contributed by atoms with Crippen LogP contribution in [-0.4, -0.2) is 30.9 Å². The number of aromatic nitrogens is 1. The van der Waals surface area contributed by atoms with Crippen LogP contribution in [0.15, 0.2) is 36.7 Å². The topological polar surface area (TPSA) is 34.1 Å². The highest BCUT2D eigenvalue weighted by Crippen LogP contribution is 2.24. The zero-order valence-electron chi connectivity index (χ0n) is 11.7. The number of halogens is 3. The number of pyridine rings is 1. The van der Waals surface area contributed by atoms with Crippen molar-refractivity contribution < 1.29 is 17.9 Å². The van der Waals surface area contributed by atoms with Gasteiger partial charge in [-0.1, -0.05) is 25.1 Å². The Morgan fingerprint density at radius 1 is 1.29 bits per heavy atom. The Balaban J connectivity index is 2.20. The zero-order valence-corrected chi connectivity index (χ0v) is 11.7. The minimum Gasteiger partial charge on any atom is -0.370 e. The molecule has 1 atom stereocenters. The van der Waals surface area contributed by atoms with Gasteiger partial charge in [-0.05, 0) is 23.6 Å². The van der Waals surface area contributed by atoms with Crippen molar-refractivity contribution in [3.05, 3.63) is 42.2 Å². The SMILES string of the molecule is CCNC(COCC(F)(F)F)c1cccc2cnccc12. The third-order valence-electron chi connectivity index (χ3n) is 3.09. The van der Waals surface area contributed by atoms with Crippen molar-refractivity contribution in [2.75, 3.05) is 19.8 Å². The summed E-state index contributed by atoms with van der Waals surface area (Å²) in [6.45, 7) is 1.28. The quantitative estimate of drug-likeness (QED) is 0.886. The van der Waals surface area contributed by atoms with E-state index in [1.54, 1.807) is 12.4 Å². The van der Waals surface area contributed by atoms with Crippen LogP contribution in [0.5, 0.6) is 0 Å². The number of fused-ring (bicyclic) bond motifs is 1. The van der Waals surface area contributed by atoms with Gasteiger partial charge >= 0.3 is 6.18 Å². The van der Waals surface area contributed by atoms with Crippen molar-refractivity contribution in [1.82, 2.24) is 10.3 Å². The van der Waals surface area contributed by atoms with Crippen LogP contribution >= 0.6 is 0 Å². The maximum atomic E-state index is 12.2. The third kappa shape index (κ3) is 4.41. The average molecular weight is 298 g/mol. The number of nitrogens with one attached hydrogen (secondary N) is 1. The first kappa shape index (κ1) is 15.7. The van der Waals surface area contributed by atoms with Gasteiger partial charge in [-0.25, -0.2) is 0 Å². The van der Waals surface area contributed by atoms with Crippen LogP contribution in [0.1, 0.15) is 18.5 Å². The van der Waals surface area contributed by atoms with E-state index in [0.29, 0.717) is 6.54 Å². The van der Waals surface area contributed by atoms with Crippen LogP contribution in [0.4, 0.5) is 13.2 Å². The molecule has 0 radical (unpaired) electrons. The Bertz CT molecular complexity index is 581. The lowest BCUT2D eigenvalue weighted by Crippen LogP contribution is -2.28. The van der Waals surface area contributed by atoms with Crippen molar-refractivity contribution in [2.24, 2.45) is 0 Å². The Kier molecular flexibility index (Phi) is 5.14. The molecule has 1 heterocycles. The first-order valence-corrected chi connectivity index (χ1v) is 6.72. The molecule has 1 unspecified atom stereocenters. The molecule has 3 nitrogen and oxygen atoms in total. The summed E-state index contributed by atoms with van der Waals surface area (Å²) in [6, 6.07) is 7.26. The number of hydrogen-bond acceptors (Lipinski definition) is 3. The second-order valence-corrected chi connectivity index (χ2v) is 4.68. The summed E-state index contributed by atoms with van der Waals surface area (Å²) < 4.78 is 41.4. The van der Waals surface area contributed by atoms with Crippen molar-refractivity contribution in [1.29, 1.82) is 0 Å². The molecule has 0 spiro atoms. The van der Waals surface area contributed by atoms with Gasteiger partial charge in [-0.3, -0.25) is 4.98 Å². The standard InChI is InChI=1S/C15H17F3N2O/c1-2-20-14(9-21-10-15(16,17)18)13-5-3-4-11-8-19-7-6-12(11)13/h3-8,14,20H,2,9-10H2,1H3. The normalized spacial score (nSPS) is 13.5. The molecule has 2 rings (SSSR count). The molecule has 6 heteroatoms. The molecule has 0 aliphatic rings. The smallest absolute Gasteiger partial charge is 0.370 e. The highest BCUT2D eigenvalue weighted by atomic mass is 19.4. The van der Waals surface area contributed by atoms with Gasteiger partial charge in [0.2, 0.25) is 0 Å². The molecule has 21 heavy (non-hydrogen) atoms. The monoisotopic (exact) mass is 298 g/mol. The molecule has 0 aliphatic carbocycles. The Morgan fingerprint density at radius 3 is 2.81 bits per heavy atom. The minimum absolute atomic E-state index is 0.0330. The number of benzene rings is 1. The highest BCUT2D eigenvalue weighted by Gasteiger charge is 2.28. The van der Waals surface area contributed by atoms with Crippen molar-refractivity contribution in [2.45, 2.75) is 19.1 Å². The number of nitrogens with zero attached hydrogens (tertiary/aromatic N) is 1. The lowest BCUT2D eigenvalue weighted by atomic mass is 10.0. The zero-order chi connectivity index (χ0) is 15.3. The molecule has 0 aliphatic heterocycles. The van der Waals surface area contributed by atoms with Crippen LogP contribution in [-0.2, 0) is 4.74 Å². The van der Waals surface area contributed by atoms with E-state index >= 15 is 0 Å². The fourth-order valence-electron chi connectivity index (χ4n) is 2.25. The number of hydrogen-bond donors (Lipinski definition) is 1. The van der Waals surface area contributed by atoms with Crippen LogP contribution in [0.2, 0.25) is 0 Å². The fourth-order valence-corrected chi connectivity index (χ4v) is 2.25. The van der Waals surface area contributed by atoms with Gasteiger partial charge in [0.1, 0.15) is 6.61 Å². The van der Waals surface area contributed by atoms with Gasteiger partial charge in [0.25, 0.3) is 0 Å². The van der Waals surface area contributed by atoms with E-state index in [4.69, 9.17) is 4.74 Å². The third-order valence-corrected chi connectivity index (χ3v) is 3.09. The van der Waals surface area contributed by atoms with Crippen molar-refractivity contribution in [3.63, 3.8) is 0 Å². The summed E-state index contributed by atoms with van der Waals surface area (Å²) in [5, 5.41) is 5.08. The molecule has 0 bridgehead atoms. The van der Waals surface area contributed by atoms with E-state index in [1.165, 1.54) is 0 Å². The van der Waals surface area contributed by atoms with E-state index in [9.17, 15) is 13.2 Å². The van der Waals surface area contributed by atoms with E-state index in [2.05, 4.69) is 10.3 Å². The van der Waals surface area contributed by atoms with Crippen LogP contribution in [0, 0.1) is 0 Å². The molecule has 0 saturated heterocycles. The summed E-state index contributed by atoms with van der Waals surface area (Å²) in [5.41, 5.74) is 0.916. The summed E-state index contributed by atoms with van der Waals surface area (Å²) in [5.74, 6) is 0. The predicted molar refractivity (Wildman–Crippen MR) is 75.0 cm³/mol. The molecule has 0 fully saturated rings. The summed E-state index contributed by atoms with van der Waals surface area (Å²) in [4.78, 5) is 4.05. The van der Waals surface area contributed by atoms with Crippen LogP contribution < -0.4 is 5.32 Å².